The molecule has 0 saturated carbocycles. The molecular formula is C8H6IN. The molecule has 0 bridgehead atoms. The van der Waals surface area contributed by atoms with Crippen molar-refractivity contribution in [1.82, 2.24) is 4.40 Å². The molecule has 0 saturated heterocycles. The van der Waals surface area contributed by atoms with E-state index in [0.717, 1.165) is 0 Å². The first-order valence-corrected chi connectivity index (χ1v) is 4.17. The van der Waals surface area contributed by atoms with Crippen LogP contribution >= 0.6 is 22.6 Å². The zero-order chi connectivity index (χ0) is 6.97. The summed E-state index contributed by atoms with van der Waals surface area (Å²) in [6, 6.07) is 8.32. The van der Waals surface area contributed by atoms with Crippen molar-refractivity contribution in [1.29, 1.82) is 0 Å². The van der Waals surface area contributed by atoms with E-state index < -0.39 is 0 Å². The second kappa shape index (κ2) is 2.27. The quantitative estimate of drug-likeness (QED) is 0.626. The zero-order valence-electron chi connectivity index (χ0n) is 5.29. The molecule has 0 amide bonds. The summed E-state index contributed by atoms with van der Waals surface area (Å²) in [4.78, 5) is 0. The predicted octanol–water partition coefficient (Wildman–Crippen LogP) is 2.54. The Balaban J connectivity index is 2.95. The molecule has 0 radical (unpaired) electrons. The lowest BCUT2D eigenvalue weighted by Gasteiger charge is -1.94. The van der Waals surface area contributed by atoms with Crippen LogP contribution in [0.25, 0.3) is 5.52 Å². The van der Waals surface area contributed by atoms with Crippen molar-refractivity contribution in [3.8, 4) is 0 Å². The molecule has 2 rings (SSSR count). The normalized spacial score (nSPS) is 10.5. The Bertz CT molecular complexity index is 351. The smallest absolute Gasteiger partial charge is 0.0583 e. The lowest BCUT2D eigenvalue weighted by molar-refractivity contribution is 1.19. The highest BCUT2D eigenvalue weighted by Crippen LogP contribution is 2.12. The highest BCUT2D eigenvalue weighted by Gasteiger charge is 1.93. The number of halogens is 1. The number of aromatic nitrogens is 1. The molecular weight excluding hydrogens is 237 g/mol. The van der Waals surface area contributed by atoms with E-state index in [1.165, 1.54) is 9.09 Å². The maximum Gasteiger partial charge on any atom is 0.0583 e. The van der Waals surface area contributed by atoms with Gasteiger partial charge in [0.15, 0.2) is 0 Å². The molecule has 0 fully saturated rings. The Hall–Kier alpha value is -0.510. The summed E-state index contributed by atoms with van der Waals surface area (Å²) in [7, 11) is 0. The minimum atomic E-state index is 1.28. The first kappa shape index (κ1) is 6.22. The minimum absolute atomic E-state index is 1.28. The van der Waals surface area contributed by atoms with Crippen molar-refractivity contribution in [2.75, 3.05) is 0 Å². The van der Waals surface area contributed by atoms with Crippen LogP contribution in [0.4, 0.5) is 0 Å². The summed E-state index contributed by atoms with van der Waals surface area (Å²) in [5, 5.41) is 0. The third-order valence-corrected chi connectivity index (χ3v) is 2.43. The van der Waals surface area contributed by atoms with Gasteiger partial charge >= 0.3 is 0 Å². The highest BCUT2D eigenvalue weighted by molar-refractivity contribution is 14.1. The summed E-state index contributed by atoms with van der Waals surface area (Å²) >= 11 is 2.33. The van der Waals surface area contributed by atoms with Crippen LogP contribution in [0, 0.1) is 3.57 Å². The Labute approximate surface area is 72.8 Å². The maximum atomic E-state index is 2.33. The van der Waals surface area contributed by atoms with Gasteiger partial charge < -0.3 is 4.40 Å². The molecule has 0 unspecified atom stereocenters. The standard InChI is InChI=1S/C8H6IN/c9-7-3-1-5-10-6-2-4-8(7)10/h1-6H. The Morgan fingerprint density at radius 3 is 2.50 bits per heavy atom. The first-order chi connectivity index (χ1) is 4.88. The van der Waals surface area contributed by atoms with Crippen LogP contribution in [0.5, 0.6) is 0 Å². The molecule has 0 aromatic carbocycles. The summed E-state index contributed by atoms with van der Waals surface area (Å²) in [5.41, 5.74) is 1.28. The average Bonchev–Trinajstić information content (AvgIpc) is 2.36. The van der Waals surface area contributed by atoms with Gasteiger partial charge in [-0.1, -0.05) is 0 Å². The molecule has 0 atom stereocenters. The van der Waals surface area contributed by atoms with Gasteiger partial charge in [0.25, 0.3) is 0 Å². The number of hydrogen-bond donors (Lipinski definition) is 0. The molecule has 0 aliphatic heterocycles. The van der Waals surface area contributed by atoms with Crippen LogP contribution in [0.3, 0.4) is 0 Å². The van der Waals surface area contributed by atoms with Gasteiger partial charge in [-0.25, -0.2) is 0 Å². The van der Waals surface area contributed by atoms with E-state index in [1.807, 2.05) is 0 Å². The van der Waals surface area contributed by atoms with Gasteiger partial charge in [0.05, 0.1) is 5.52 Å². The molecule has 2 aromatic rings. The van der Waals surface area contributed by atoms with Crippen LogP contribution in [0.15, 0.2) is 36.7 Å². The number of hydrogen-bond acceptors (Lipinski definition) is 0. The monoisotopic (exact) mass is 243 g/mol. The van der Waals surface area contributed by atoms with Gasteiger partial charge in [-0.05, 0) is 46.9 Å². The minimum Gasteiger partial charge on any atom is -0.323 e. The van der Waals surface area contributed by atoms with Gasteiger partial charge in [0.2, 0.25) is 0 Å². The van der Waals surface area contributed by atoms with Crippen LogP contribution in [-0.2, 0) is 0 Å². The summed E-state index contributed by atoms with van der Waals surface area (Å²) < 4.78 is 3.41. The fourth-order valence-corrected chi connectivity index (χ4v) is 1.70. The fraction of sp³-hybridized carbons (Fsp3) is 0. The lowest BCUT2D eigenvalue weighted by atomic mass is 10.4. The van der Waals surface area contributed by atoms with Crippen molar-refractivity contribution in [2.24, 2.45) is 0 Å². The number of rotatable bonds is 0. The Morgan fingerprint density at radius 1 is 1.10 bits per heavy atom. The third kappa shape index (κ3) is 0.831. The van der Waals surface area contributed by atoms with Gasteiger partial charge in [-0.15, -0.1) is 0 Å². The van der Waals surface area contributed by atoms with E-state index >= 15 is 0 Å². The molecule has 0 aliphatic rings. The predicted molar refractivity (Wildman–Crippen MR) is 50.1 cm³/mol. The third-order valence-electron chi connectivity index (χ3n) is 1.51. The lowest BCUT2D eigenvalue weighted by Crippen LogP contribution is -1.81. The molecule has 0 N–H and O–H groups in total. The van der Waals surface area contributed by atoms with Crippen molar-refractivity contribution in [2.45, 2.75) is 0 Å². The van der Waals surface area contributed by atoms with Crippen LogP contribution < -0.4 is 0 Å². The molecule has 1 nitrogen and oxygen atoms in total. The van der Waals surface area contributed by atoms with Crippen LogP contribution in [0.2, 0.25) is 0 Å². The van der Waals surface area contributed by atoms with Crippen LogP contribution in [0.1, 0.15) is 0 Å². The highest BCUT2D eigenvalue weighted by atomic mass is 127. The second-order valence-corrected chi connectivity index (χ2v) is 3.32. The van der Waals surface area contributed by atoms with E-state index in [4.69, 9.17) is 0 Å². The number of fused-ring (bicyclic) bond motifs is 1. The zero-order valence-corrected chi connectivity index (χ0v) is 7.45. The van der Waals surface area contributed by atoms with Crippen molar-refractivity contribution < 1.29 is 0 Å². The molecule has 10 heavy (non-hydrogen) atoms. The molecule has 2 heterocycles. The van der Waals surface area contributed by atoms with Gasteiger partial charge in [-0.2, -0.15) is 0 Å². The molecule has 2 aromatic heterocycles. The summed E-state index contributed by atoms with van der Waals surface area (Å²) in [6.45, 7) is 0. The number of pyridine rings is 1. The molecule has 50 valence electrons. The van der Waals surface area contributed by atoms with Crippen LogP contribution in [-0.4, -0.2) is 4.40 Å². The van der Waals surface area contributed by atoms with E-state index in [1.54, 1.807) is 0 Å². The van der Waals surface area contributed by atoms with E-state index in [9.17, 15) is 0 Å². The Kier molecular flexibility index (Phi) is 1.41. The fourth-order valence-electron chi connectivity index (χ4n) is 1.03. The topological polar surface area (TPSA) is 4.41 Å². The SMILES string of the molecule is Ic1cccn2cccc12. The van der Waals surface area contributed by atoms with Gasteiger partial charge in [0.1, 0.15) is 0 Å². The van der Waals surface area contributed by atoms with E-state index in [2.05, 4.69) is 63.7 Å². The van der Waals surface area contributed by atoms with E-state index in [0.29, 0.717) is 0 Å². The molecule has 0 spiro atoms. The van der Waals surface area contributed by atoms with Crippen molar-refractivity contribution >= 4 is 28.1 Å². The molecule has 0 aliphatic carbocycles. The average molecular weight is 243 g/mol. The molecule has 2 heteroatoms. The first-order valence-electron chi connectivity index (χ1n) is 3.09. The van der Waals surface area contributed by atoms with Crippen molar-refractivity contribution in [3.63, 3.8) is 0 Å². The Morgan fingerprint density at radius 2 is 1.80 bits per heavy atom. The number of nitrogens with zero attached hydrogens (tertiary/aromatic N) is 1. The largest absolute Gasteiger partial charge is 0.323 e. The van der Waals surface area contributed by atoms with Crippen molar-refractivity contribution in [3.05, 3.63) is 40.2 Å². The van der Waals surface area contributed by atoms with E-state index in [-0.39, 0.29) is 0 Å². The maximum absolute atomic E-state index is 2.33. The summed E-state index contributed by atoms with van der Waals surface area (Å²) in [5.74, 6) is 0. The van der Waals surface area contributed by atoms with Gasteiger partial charge in [-0.3, -0.25) is 0 Å². The summed E-state index contributed by atoms with van der Waals surface area (Å²) in [6.07, 6.45) is 4.11. The van der Waals surface area contributed by atoms with Gasteiger partial charge in [0, 0.05) is 16.0 Å². The second-order valence-electron chi connectivity index (χ2n) is 2.16.